The van der Waals surface area contributed by atoms with Crippen molar-refractivity contribution in [2.45, 2.75) is 0 Å². The lowest BCUT2D eigenvalue weighted by molar-refractivity contribution is 1.02. The largest absolute Gasteiger partial charge is 0.324 e. The van der Waals surface area contributed by atoms with Crippen molar-refractivity contribution in [3.05, 3.63) is 77.5 Å². The van der Waals surface area contributed by atoms with Crippen molar-refractivity contribution < 1.29 is 0 Å². The first-order chi connectivity index (χ1) is 11.3. The number of rotatable bonds is 3. The van der Waals surface area contributed by atoms with Crippen LogP contribution in [-0.4, -0.2) is 14.5 Å². The predicted octanol–water partition coefficient (Wildman–Crippen LogP) is 4.93. The minimum atomic E-state index is 0.575. The summed E-state index contributed by atoms with van der Waals surface area (Å²) in [5.74, 6) is 1.40. The van der Waals surface area contributed by atoms with Crippen LogP contribution in [0.5, 0.6) is 0 Å². The van der Waals surface area contributed by atoms with E-state index in [9.17, 15) is 0 Å². The van der Waals surface area contributed by atoms with E-state index >= 15 is 0 Å². The first kappa shape index (κ1) is 14.0. The Kier molecular flexibility index (Phi) is 3.55. The van der Waals surface area contributed by atoms with Gasteiger partial charge in [0.15, 0.2) is 0 Å². The summed E-state index contributed by atoms with van der Waals surface area (Å²) in [6, 6.07) is 20.1. The fourth-order valence-electron chi connectivity index (χ4n) is 2.50. The lowest BCUT2D eigenvalue weighted by Crippen LogP contribution is -2.01. The zero-order valence-corrected chi connectivity index (χ0v) is 13.7. The van der Waals surface area contributed by atoms with Gasteiger partial charge < -0.3 is 9.88 Å². The van der Waals surface area contributed by atoms with E-state index < -0.39 is 0 Å². The van der Waals surface area contributed by atoms with Crippen LogP contribution >= 0.6 is 15.9 Å². The summed E-state index contributed by atoms with van der Waals surface area (Å²) in [4.78, 5) is 8.91. The molecule has 5 heteroatoms. The Labute approximate surface area is 142 Å². The highest BCUT2D eigenvalue weighted by atomic mass is 79.9. The maximum Gasteiger partial charge on any atom is 0.229 e. The maximum atomic E-state index is 4.62. The molecule has 0 amide bonds. The van der Waals surface area contributed by atoms with Crippen molar-refractivity contribution in [3.8, 4) is 5.82 Å². The third kappa shape index (κ3) is 2.83. The van der Waals surface area contributed by atoms with Crippen molar-refractivity contribution in [1.82, 2.24) is 14.5 Å². The second-order valence-corrected chi connectivity index (χ2v) is 6.03. The summed E-state index contributed by atoms with van der Waals surface area (Å²) < 4.78 is 3.10. The van der Waals surface area contributed by atoms with Gasteiger partial charge in [0.2, 0.25) is 5.95 Å². The molecule has 0 bridgehead atoms. The molecule has 2 heterocycles. The summed E-state index contributed by atoms with van der Waals surface area (Å²) in [6.07, 6.45) is 3.78. The molecule has 2 aromatic heterocycles. The van der Waals surface area contributed by atoms with Crippen LogP contribution in [0.1, 0.15) is 0 Å². The Hall–Kier alpha value is -2.66. The standard InChI is InChI=1S/C18H13BrN4/c19-14-7-6-13-9-11-23(16(13)12-14)17-8-10-20-18(22-17)21-15-4-2-1-3-5-15/h1-12H,(H,20,21,22). The molecule has 2 aromatic carbocycles. The minimum Gasteiger partial charge on any atom is -0.324 e. The van der Waals surface area contributed by atoms with Gasteiger partial charge in [-0.3, -0.25) is 0 Å². The number of hydrogen-bond donors (Lipinski definition) is 1. The molecule has 23 heavy (non-hydrogen) atoms. The number of halogens is 1. The van der Waals surface area contributed by atoms with E-state index in [0.29, 0.717) is 5.95 Å². The van der Waals surface area contributed by atoms with E-state index in [2.05, 4.69) is 54.0 Å². The average Bonchev–Trinajstić information content (AvgIpc) is 2.99. The van der Waals surface area contributed by atoms with Gasteiger partial charge >= 0.3 is 0 Å². The van der Waals surface area contributed by atoms with Crippen LogP contribution in [0, 0.1) is 0 Å². The Morgan fingerprint density at radius 2 is 1.83 bits per heavy atom. The lowest BCUT2D eigenvalue weighted by atomic mass is 10.2. The van der Waals surface area contributed by atoms with E-state index in [0.717, 1.165) is 21.5 Å². The van der Waals surface area contributed by atoms with Gasteiger partial charge in [0, 0.05) is 27.9 Å². The number of para-hydroxylation sites is 1. The number of benzene rings is 2. The van der Waals surface area contributed by atoms with Gasteiger partial charge in [-0.2, -0.15) is 4.98 Å². The molecule has 1 N–H and O–H groups in total. The number of fused-ring (bicyclic) bond motifs is 1. The molecule has 4 aromatic rings. The fraction of sp³-hybridized carbons (Fsp3) is 0. The van der Waals surface area contributed by atoms with Crippen LogP contribution in [0.4, 0.5) is 11.6 Å². The van der Waals surface area contributed by atoms with Gasteiger partial charge in [-0.25, -0.2) is 4.98 Å². The van der Waals surface area contributed by atoms with Gasteiger partial charge in [-0.1, -0.05) is 40.2 Å². The van der Waals surface area contributed by atoms with E-state index in [1.807, 2.05) is 48.7 Å². The predicted molar refractivity (Wildman–Crippen MR) is 96.3 cm³/mol. The number of aromatic nitrogens is 3. The van der Waals surface area contributed by atoms with E-state index in [1.165, 1.54) is 5.39 Å². The number of anilines is 2. The van der Waals surface area contributed by atoms with Crippen molar-refractivity contribution in [3.63, 3.8) is 0 Å². The molecule has 112 valence electrons. The molecule has 0 fully saturated rings. The molecule has 0 spiro atoms. The Morgan fingerprint density at radius 3 is 2.70 bits per heavy atom. The quantitative estimate of drug-likeness (QED) is 0.560. The smallest absolute Gasteiger partial charge is 0.229 e. The van der Waals surface area contributed by atoms with Crippen LogP contribution in [0.3, 0.4) is 0 Å². The summed E-state index contributed by atoms with van der Waals surface area (Å²) >= 11 is 3.52. The molecule has 0 unspecified atom stereocenters. The minimum absolute atomic E-state index is 0.575. The second kappa shape index (κ2) is 5.85. The van der Waals surface area contributed by atoms with Crippen LogP contribution in [0.2, 0.25) is 0 Å². The highest BCUT2D eigenvalue weighted by Crippen LogP contribution is 2.23. The number of nitrogens with zero attached hydrogens (tertiary/aromatic N) is 3. The summed E-state index contributed by atoms with van der Waals surface area (Å²) in [7, 11) is 0. The topological polar surface area (TPSA) is 42.7 Å². The van der Waals surface area contributed by atoms with Gasteiger partial charge in [0.25, 0.3) is 0 Å². The zero-order chi connectivity index (χ0) is 15.6. The van der Waals surface area contributed by atoms with Crippen molar-refractivity contribution >= 4 is 38.5 Å². The first-order valence-corrected chi connectivity index (χ1v) is 8.01. The van der Waals surface area contributed by atoms with Gasteiger partial charge in [-0.05, 0) is 36.4 Å². The van der Waals surface area contributed by atoms with Crippen molar-refractivity contribution in [2.24, 2.45) is 0 Å². The summed E-state index contributed by atoms with van der Waals surface area (Å²) in [5, 5.41) is 4.39. The summed E-state index contributed by atoms with van der Waals surface area (Å²) in [5.41, 5.74) is 2.06. The molecule has 0 radical (unpaired) electrons. The number of nitrogens with one attached hydrogen (secondary N) is 1. The molecule has 0 saturated heterocycles. The van der Waals surface area contributed by atoms with Crippen molar-refractivity contribution in [2.75, 3.05) is 5.32 Å². The van der Waals surface area contributed by atoms with Crippen molar-refractivity contribution in [1.29, 1.82) is 0 Å². The third-order valence-electron chi connectivity index (χ3n) is 3.57. The Morgan fingerprint density at radius 1 is 0.957 bits per heavy atom. The lowest BCUT2D eigenvalue weighted by Gasteiger charge is -2.08. The van der Waals surface area contributed by atoms with Crippen LogP contribution < -0.4 is 5.32 Å². The molecule has 0 aliphatic heterocycles. The first-order valence-electron chi connectivity index (χ1n) is 7.22. The molecule has 0 saturated carbocycles. The Bertz CT molecular complexity index is 963. The monoisotopic (exact) mass is 364 g/mol. The molecular weight excluding hydrogens is 352 g/mol. The normalized spacial score (nSPS) is 10.8. The maximum absolute atomic E-state index is 4.62. The van der Waals surface area contributed by atoms with Gasteiger partial charge in [-0.15, -0.1) is 0 Å². The summed E-state index contributed by atoms with van der Waals surface area (Å²) in [6.45, 7) is 0. The second-order valence-electron chi connectivity index (χ2n) is 5.12. The van der Waals surface area contributed by atoms with E-state index in [4.69, 9.17) is 0 Å². The highest BCUT2D eigenvalue weighted by Gasteiger charge is 2.06. The van der Waals surface area contributed by atoms with Crippen LogP contribution in [0.25, 0.3) is 16.7 Å². The third-order valence-corrected chi connectivity index (χ3v) is 4.07. The molecule has 4 rings (SSSR count). The van der Waals surface area contributed by atoms with Crippen LogP contribution in [0.15, 0.2) is 77.5 Å². The zero-order valence-electron chi connectivity index (χ0n) is 12.1. The Balaban J connectivity index is 1.74. The fourth-order valence-corrected chi connectivity index (χ4v) is 2.84. The highest BCUT2D eigenvalue weighted by molar-refractivity contribution is 9.10. The van der Waals surface area contributed by atoms with Gasteiger partial charge in [0.1, 0.15) is 5.82 Å². The SMILES string of the molecule is Brc1ccc2ccn(-c3ccnc(Nc4ccccc4)n3)c2c1. The molecular formula is C18H13BrN4. The molecule has 0 aliphatic carbocycles. The molecule has 4 nitrogen and oxygen atoms in total. The number of hydrogen-bond acceptors (Lipinski definition) is 3. The molecule has 0 aliphatic rings. The average molecular weight is 365 g/mol. The van der Waals surface area contributed by atoms with Gasteiger partial charge in [0.05, 0.1) is 5.52 Å². The van der Waals surface area contributed by atoms with Crippen LogP contribution in [-0.2, 0) is 0 Å². The molecule has 0 atom stereocenters. The van der Waals surface area contributed by atoms with E-state index in [1.54, 1.807) is 6.20 Å². The van der Waals surface area contributed by atoms with E-state index in [-0.39, 0.29) is 0 Å².